The zero-order valence-electron chi connectivity index (χ0n) is 36.6. The zero-order valence-corrected chi connectivity index (χ0v) is 37.6. The number of nitrogens with two attached hydrogens (primary N) is 1. The molecule has 55 heavy (non-hydrogen) atoms. The summed E-state index contributed by atoms with van der Waals surface area (Å²) in [5, 5.41) is 9.41. The van der Waals surface area contributed by atoms with E-state index in [9.17, 15) is 19.2 Å². The monoisotopic (exact) mass is 792 g/mol. The molecule has 0 bridgehead atoms. The van der Waals surface area contributed by atoms with Crippen LogP contribution >= 0.6 is 0 Å². The fourth-order valence-electron chi connectivity index (χ4n) is 6.42. The number of hydrogen-bond donors (Lipinski definition) is 4. The number of methoxy groups -OCH3 is 1. The summed E-state index contributed by atoms with van der Waals surface area (Å²) in [4.78, 5) is 53.5. The predicted octanol–water partition coefficient (Wildman–Crippen LogP) is 7.32. The molecule has 0 saturated heterocycles. The summed E-state index contributed by atoms with van der Waals surface area (Å²) in [6.07, 6.45) is 1.26. The molecule has 0 saturated carbocycles. The molecular formula is C42H75N4O8Si. The lowest BCUT2D eigenvalue weighted by atomic mass is 9.67. The van der Waals surface area contributed by atoms with E-state index in [0.29, 0.717) is 37.4 Å². The summed E-state index contributed by atoms with van der Waals surface area (Å²) in [6.45, 7) is 28.6. The average Bonchev–Trinajstić information content (AvgIpc) is 3.03. The third kappa shape index (κ3) is 18.1. The van der Waals surface area contributed by atoms with Crippen LogP contribution in [-0.4, -0.2) is 77.6 Å². The van der Waals surface area contributed by atoms with Crippen LogP contribution in [-0.2, 0) is 23.5 Å². The van der Waals surface area contributed by atoms with Gasteiger partial charge in [-0.05, 0) is 109 Å². The van der Waals surface area contributed by atoms with E-state index in [4.69, 9.17) is 24.4 Å². The van der Waals surface area contributed by atoms with Crippen molar-refractivity contribution < 1.29 is 37.8 Å². The molecule has 1 aromatic rings. The van der Waals surface area contributed by atoms with E-state index in [1.807, 2.05) is 59.8 Å². The van der Waals surface area contributed by atoms with Crippen LogP contribution in [0.2, 0.25) is 13.1 Å². The highest BCUT2D eigenvalue weighted by Gasteiger charge is 2.42. The van der Waals surface area contributed by atoms with Crippen LogP contribution < -0.4 is 26.4 Å². The lowest BCUT2D eigenvalue weighted by Gasteiger charge is -2.43. The number of unbranched alkanes of at least 4 members (excludes halogenated alkanes) is 1. The fourth-order valence-corrected chi connectivity index (χ4v) is 7.16. The molecular weight excluding hydrogens is 717 g/mol. The maximum atomic E-state index is 14.1. The quantitative estimate of drug-likeness (QED) is 0.0508. The van der Waals surface area contributed by atoms with E-state index in [-0.39, 0.29) is 47.4 Å². The number of primary amides is 1. The first-order chi connectivity index (χ1) is 25.3. The van der Waals surface area contributed by atoms with Gasteiger partial charge in [-0.1, -0.05) is 60.6 Å². The Balaban J connectivity index is 3.66. The van der Waals surface area contributed by atoms with Crippen LogP contribution in [0.3, 0.4) is 0 Å². The third-order valence-electron chi connectivity index (χ3n) is 9.86. The van der Waals surface area contributed by atoms with Gasteiger partial charge in [-0.2, -0.15) is 0 Å². The molecule has 1 rings (SSSR count). The van der Waals surface area contributed by atoms with Gasteiger partial charge >= 0.3 is 6.09 Å². The topological polar surface area (TPSA) is 167 Å². The standard InChI is InChI=1S/C42H75N4O8Si/c1-27(2)30(35(47)44-26-42(11,12)38(43)49)24-32(40(5,6)7)33(45-39(50)53-41(8,9)10)25-31(28(3)4)37(54-55(14)15)46-36(48)29-20-16-17-21-34(29)52-23-19-18-22-51-13/h16-17,20-21,27-28,30-33,37H,18-19,22-26H2,1-15H3,(H2,43,49)(H,44,47)(H,45,50)(H,46,48)/t30-,31-,32+,33-,37?/m0/s1. The minimum Gasteiger partial charge on any atom is -0.493 e. The van der Waals surface area contributed by atoms with Gasteiger partial charge < -0.3 is 40.3 Å². The molecule has 13 heteroatoms. The summed E-state index contributed by atoms with van der Waals surface area (Å²) >= 11 is 0. The number of carbonyl (C=O) groups excluding carboxylic acids is 4. The maximum Gasteiger partial charge on any atom is 0.407 e. The number of alkyl carbamates (subject to hydrolysis) is 1. The second kappa shape index (κ2) is 22.5. The molecule has 0 heterocycles. The summed E-state index contributed by atoms with van der Waals surface area (Å²) in [5.41, 5.74) is 3.97. The normalized spacial score (nSPS) is 15.2. The third-order valence-corrected chi connectivity index (χ3v) is 10.6. The molecule has 1 unspecified atom stereocenters. The average molecular weight is 792 g/mol. The molecule has 0 spiro atoms. The first-order valence-corrected chi connectivity index (χ1v) is 22.3. The van der Waals surface area contributed by atoms with Gasteiger partial charge in [-0.25, -0.2) is 4.79 Å². The molecule has 4 amide bonds. The van der Waals surface area contributed by atoms with Gasteiger partial charge in [0.1, 0.15) is 17.6 Å². The summed E-state index contributed by atoms with van der Waals surface area (Å²) in [7, 11) is 0.346. The Labute approximate surface area is 334 Å². The van der Waals surface area contributed by atoms with Crippen molar-refractivity contribution in [2.24, 2.45) is 46.2 Å². The molecule has 1 radical (unpaired) electrons. The van der Waals surface area contributed by atoms with Gasteiger partial charge in [-0.15, -0.1) is 0 Å². The molecule has 5 N–H and O–H groups in total. The molecule has 0 aromatic heterocycles. The number of amides is 4. The Morgan fingerprint density at radius 2 is 1.44 bits per heavy atom. The number of para-hydroxylation sites is 1. The van der Waals surface area contributed by atoms with Crippen molar-refractivity contribution in [1.29, 1.82) is 0 Å². The summed E-state index contributed by atoms with van der Waals surface area (Å²) in [6, 6.07) is 6.71. The van der Waals surface area contributed by atoms with E-state index >= 15 is 0 Å². The lowest BCUT2D eigenvalue weighted by molar-refractivity contribution is -0.129. The molecule has 0 aliphatic carbocycles. The minimum absolute atomic E-state index is 0.0164. The first-order valence-electron chi connectivity index (χ1n) is 19.9. The smallest absolute Gasteiger partial charge is 0.407 e. The van der Waals surface area contributed by atoms with Crippen molar-refractivity contribution in [3.63, 3.8) is 0 Å². The van der Waals surface area contributed by atoms with E-state index in [1.165, 1.54) is 0 Å². The molecule has 1 aromatic carbocycles. The molecule has 5 atom stereocenters. The number of benzene rings is 1. The Morgan fingerprint density at radius 3 is 1.95 bits per heavy atom. The van der Waals surface area contributed by atoms with Crippen LogP contribution in [0.25, 0.3) is 0 Å². The van der Waals surface area contributed by atoms with Crippen molar-refractivity contribution in [3.8, 4) is 5.75 Å². The SMILES string of the molecule is COCCCCOc1ccccc1C(=O)NC(O[Si](C)C)[C@@H](C[C@H](NC(=O)OC(C)(C)C)[C@@H](C[C@H](C(=O)NCC(C)(C)C(N)=O)C(C)C)C(C)(C)C)C(C)C. The van der Waals surface area contributed by atoms with Crippen LogP contribution in [0.5, 0.6) is 5.75 Å². The summed E-state index contributed by atoms with van der Waals surface area (Å²) in [5.74, 6) is -1.44. The molecule has 315 valence electrons. The van der Waals surface area contributed by atoms with Gasteiger partial charge in [0.05, 0.1) is 17.6 Å². The van der Waals surface area contributed by atoms with E-state index < -0.39 is 50.2 Å². The second-order valence-corrected chi connectivity index (χ2v) is 20.4. The molecule has 12 nitrogen and oxygen atoms in total. The number of hydrogen-bond acceptors (Lipinski definition) is 8. The Morgan fingerprint density at radius 1 is 0.836 bits per heavy atom. The second-order valence-electron chi connectivity index (χ2n) is 18.4. The van der Waals surface area contributed by atoms with E-state index in [2.05, 4.69) is 50.6 Å². The zero-order chi connectivity index (χ0) is 42.3. The van der Waals surface area contributed by atoms with Crippen molar-refractivity contribution in [2.45, 2.75) is 140 Å². The van der Waals surface area contributed by atoms with Gasteiger partial charge in [0.15, 0.2) is 0 Å². The first kappa shape index (κ1) is 49.9. The van der Waals surface area contributed by atoms with Crippen molar-refractivity contribution >= 4 is 32.9 Å². The van der Waals surface area contributed by atoms with Crippen LogP contribution in [0.15, 0.2) is 24.3 Å². The maximum absolute atomic E-state index is 14.1. The molecule has 0 fully saturated rings. The fraction of sp³-hybridized carbons (Fsp3) is 0.762. The van der Waals surface area contributed by atoms with Crippen LogP contribution in [0.1, 0.15) is 119 Å². The Hall–Kier alpha value is -3.16. The van der Waals surface area contributed by atoms with Gasteiger partial charge in [0.2, 0.25) is 20.9 Å². The largest absolute Gasteiger partial charge is 0.493 e. The van der Waals surface area contributed by atoms with Gasteiger partial charge in [0.25, 0.3) is 5.91 Å². The van der Waals surface area contributed by atoms with E-state index in [0.717, 1.165) is 12.8 Å². The molecule has 0 aliphatic heterocycles. The minimum atomic E-state index is -1.32. The number of carbonyl (C=O) groups is 4. The highest BCUT2D eigenvalue weighted by molar-refractivity contribution is 6.48. The van der Waals surface area contributed by atoms with E-state index in [1.54, 1.807) is 33.1 Å². The van der Waals surface area contributed by atoms with Crippen molar-refractivity contribution in [3.05, 3.63) is 29.8 Å². The van der Waals surface area contributed by atoms with Crippen molar-refractivity contribution in [1.82, 2.24) is 16.0 Å². The Kier molecular flexibility index (Phi) is 20.4. The summed E-state index contributed by atoms with van der Waals surface area (Å²) < 4.78 is 23.6. The van der Waals surface area contributed by atoms with Crippen LogP contribution in [0, 0.1) is 40.4 Å². The Bertz CT molecular complexity index is 1360. The predicted molar refractivity (Wildman–Crippen MR) is 221 cm³/mol. The number of rotatable bonds is 23. The van der Waals surface area contributed by atoms with Crippen LogP contribution in [0.4, 0.5) is 4.79 Å². The highest BCUT2D eigenvalue weighted by Crippen LogP contribution is 2.40. The highest BCUT2D eigenvalue weighted by atomic mass is 28.3. The molecule has 0 aliphatic rings. The lowest BCUT2D eigenvalue weighted by Crippen LogP contribution is -2.53. The van der Waals surface area contributed by atoms with Gasteiger partial charge in [-0.3, -0.25) is 14.4 Å². The number of ether oxygens (including phenoxy) is 3. The van der Waals surface area contributed by atoms with Crippen molar-refractivity contribution in [2.75, 3.05) is 26.9 Å². The number of nitrogens with one attached hydrogen (secondary N) is 3. The van der Waals surface area contributed by atoms with Gasteiger partial charge in [0, 0.05) is 38.1 Å².